The topological polar surface area (TPSA) is 81.2 Å². The third kappa shape index (κ3) is 3.44. The molecule has 3 aromatic rings. The number of nitrogens with zero attached hydrogens (tertiary/aromatic N) is 6. The highest BCUT2D eigenvalue weighted by Crippen LogP contribution is 2.32. The van der Waals surface area contributed by atoms with Gasteiger partial charge in [0.05, 0.1) is 16.7 Å². The van der Waals surface area contributed by atoms with Crippen LogP contribution < -0.4 is 4.90 Å². The SMILES string of the molecule is CN1CCCN(c2nccnc2C2CN(C(=O)c3nc4ccccc4[nH]3)C2)CC1. The molecule has 1 amide bonds. The molecule has 0 saturated carbocycles. The number of para-hydroxylation sites is 2. The van der Waals surface area contributed by atoms with E-state index in [1.165, 1.54) is 0 Å². The first kappa shape index (κ1) is 18.1. The smallest absolute Gasteiger partial charge is 0.289 e. The molecule has 29 heavy (non-hydrogen) atoms. The minimum atomic E-state index is -0.0562. The van der Waals surface area contributed by atoms with E-state index in [1.807, 2.05) is 29.2 Å². The van der Waals surface area contributed by atoms with Crippen molar-refractivity contribution < 1.29 is 4.79 Å². The number of rotatable bonds is 3. The van der Waals surface area contributed by atoms with Crippen molar-refractivity contribution in [2.75, 3.05) is 51.2 Å². The highest BCUT2D eigenvalue weighted by Gasteiger charge is 2.36. The Balaban J connectivity index is 1.30. The number of imidazole rings is 1. The molecule has 5 rings (SSSR count). The highest BCUT2D eigenvalue weighted by molar-refractivity contribution is 5.94. The van der Waals surface area contributed by atoms with Crippen LogP contribution in [0.25, 0.3) is 11.0 Å². The third-order valence-corrected chi connectivity index (χ3v) is 5.87. The molecule has 0 unspecified atom stereocenters. The molecule has 1 aromatic carbocycles. The molecule has 0 atom stereocenters. The zero-order valence-electron chi connectivity index (χ0n) is 16.6. The molecule has 0 radical (unpaired) electrons. The molecule has 8 nitrogen and oxygen atoms in total. The zero-order valence-corrected chi connectivity index (χ0v) is 16.6. The average Bonchev–Trinajstić information content (AvgIpc) is 3.03. The lowest BCUT2D eigenvalue weighted by Gasteiger charge is -2.39. The number of likely N-dealkylation sites (N-methyl/N-ethyl adjacent to an activating group) is 1. The molecule has 150 valence electrons. The second-order valence-electron chi connectivity index (χ2n) is 7.92. The molecular formula is C21H25N7O. The van der Waals surface area contributed by atoms with E-state index in [2.05, 4.69) is 36.8 Å². The van der Waals surface area contributed by atoms with E-state index in [0.717, 1.165) is 55.1 Å². The average molecular weight is 391 g/mol. The molecule has 0 aliphatic carbocycles. The summed E-state index contributed by atoms with van der Waals surface area (Å²) in [6, 6.07) is 7.70. The van der Waals surface area contributed by atoms with E-state index in [1.54, 1.807) is 12.4 Å². The van der Waals surface area contributed by atoms with Crippen molar-refractivity contribution in [1.82, 2.24) is 29.7 Å². The summed E-state index contributed by atoms with van der Waals surface area (Å²) in [5.41, 5.74) is 2.70. The van der Waals surface area contributed by atoms with Crippen molar-refractivity contribution in [3.05, 3.63) is 48.2 Å². The quantitative estimate of drug-likeness (QED) is 0.732. The fourth-order valence-corrected chi connectivity index (χ4v) is 4.15. The summed E-state index contributed by atoms with van der Waals surface area (Å²) in [4.78, 5) is 36.2. The Bertz CT molecular complexity index is 994. The largest absolute Gasteiger partial charge is 0.354 e. The number of carbonyl (C=O) groups is 1. The molecule has 8 heteroatoms. The summed E-state index contributed by atoms with van der Waals surface area (Å²) >= 11 is 0. The van der Waals surface area contributed by atoms with Crippen molar-refractivity contribution >= 4 is 22.8 Å². The van der Waals surface area contributed by atoms with E-state index < -0.39 is 0 Å². The molecule has 2 aromatic heterocycles. The van der Waals surface area contributed by atoms with Gasteiger partial charge in [-0.25, -0.2) is 9.97 Å². The standard InChI is InChI=1S/C21H25N7O/c1-26-9-4-10-27(12-11-26)20-18(22-7-8-23-20)15-13-28(14-15)21(29)19-24-16-5-2-3-6-17(16)25-19/h2-3,5-8,15H,4,9-14H2,1H3,(H,24,25). The van der Waals surface area contributed by atoms with Crippen LogP contribution in [0.15, 0.2) is 36.7 Å². The van der Waals surface area contributed by atoms with Crippen molar-refractivity contribution in [2.45, 2.75) is 12.3 Å². The molecule has 1 N–H and O–H groups in total. The van der Waals surface area contributed by atoms with Crippen LogP contribution in [0.4, 0.5) is 5.82 Å². The first-order valence-electron chi connectivity index (χ1n) is 10.2. The van der Waals surface area contributed by atoms with Crippen LogP contribution in [0.3, 0.4) is 0 Å². The Morgan fingerprint density at radius 1 is 1.07 bits per heavy atom. The molecule has 2 saturated heterocycles. The van der Waals surface area contributed by atoms with Crippen molar-refractivity contribution in [3.63, 3.8) is 0 Å². The van der Waals surface area contributed by atoms with Gasteiger partial charge >= 0.3 is 0 Å². The number of aromatic amines is 1. The summed E-state index contributed by atoms with van der Waals surface area (Å²) in [6.07, 6.45) is 4.64. The van der Waals surface area contributed by atoms with Gasteiger partial charge in [-0.15, -0.1) is 0 Å². The molecular weight excluding hydrogens is 366 g/mol. The minimum absolute atomic E-state index is 0.0562. The van der Waals surface area contributed by atoms with E-state index >= 15 is 0 Å². The van der Waals surface area contributed by atoms with E-state index in [4.69, 9.17) is 0 Å². The number of H-pyrrole nitrogens is 1. The molecule has 4 heterocycles. The van der Waals surface area contributed by atoms with E-state index in [-0.39, 0.29) is 11.8 Å². The van der Waals surface area contributed by atoms with Crippen LogP contribution in [-0.2, 0) is 0 Å². The first-order valence-corrected chi connectivity index (χ1v) is 10.2. The number of benzene rings is 1. The number of anilines is 1. The van der Waals surface area contributed by atoms with Gasteiger partial charge in [0.15, 0.2) is 11.6 Å². The van der Waals surface area contributed by atoms with Gasteiger partial charge in [0.1, 0.15) is 0 Å². The Kier molecular flexibility index (Phi) is 4.63. The number of hydrogen-bond donors (Lipinski definition) is 1. The van der Waals surface area contributed by atoms with Crippen molar-refractivity contribution in [2.24, 2.45) is 0 Å². The summed E-state index contributed by atoms with van der Waals surface area (Å²) in [5, 5.41) is 0. The molecule has 2 aliphatic heterocycles. The minimum Gasteiger partial charge on any atom is -0.354 e. The van der Waals surface area contributed by atoms with Crippen molar-refractivity contribution in [3.8, 4) is 0 Å². The van der Waals surface area contributed by atoms with Gasteiger partial charge in [-0.3, -0.25) is 9.78 Å². The van der Waals surface area contributed by atoms with Gasteiger partial charge < -0.3 is 19.7 Å². The lowest BCUT2D eigenvalue weighted by atomic mass is 9.95. The predicted molar refractivity (Wildman–Crippen MR) is 111 cm³/mol. The highest BCUT2D eigenvalue weighted by atomic mass is 16.2. The number of hydrogen-bond acceptors (Lipinski definition) is 6. The summed E-state index contributed by atoms with van der Waals surface area (Å²) < 4.78 is 0. The number of likely N-dealkylation sites (tertiary alicyclic amines) is 1. The predicted octanol–water partition coefficient (Wildman–Crippen LogP) is 1.73. The van der Waals surface area contributed by atoms with Gasteiger partial charge in [0.2, 0.25) is 0 Å². The lowest BCUT2D eigenvalue weighted by molar-refractivity contribution is 0.0587. The van der Waals surface area contributed by atoms with Gasteiger partial charge in [0.25, 0.3) is 5.91 Å². The Hall–Kier alpha value is -3.00. The Morgan fingerprint density at radius 3 is 2.76 bits per heavy atom. The fourth-order valence-electron chi connectivity index (χ4n) is 4.15. The zero-order chi connectivity index (χ0) is 19.8. The van der Waals surface area contributed by atoms with Crippen molar-refractivity contribution in [1.29, 1.82) is 0 Å². The van der Waals surface area contributed by atoms with Gasteiger partial charge in [-0.2, -0.15) is 0 Å². The van der Waals surface area contributed by atoms with Gasteiger partial charge in [0, 0.05) is 51.0 Å². The van der Waals surface area contributed by atoms with E-state index in [0.29, 0.717) is 18.9 Å². The maximum absolute atomic E-state index is 12.8. The van der Waals surface area contributed by atoms with Gasteiger partial charge in [-0.05, 0) is 32.1 Å². The molecule has 0 spiro atoms. The number of amides is 1. The molecule has 2 fully saturated rings. The second-order valence-corrected chi connectivity index (χ2v) is 7.92. The summed E-state index contributed by atoms with van der Waals surface area (Å²) in [6.45, 7) is 5.37. The lowest BCUT2D eigenvalue weighted by Crippen LogP contribution is -2.49. The maximum Gasteiger partial charge on any atom is 0.289 e. The molecule has 0 bridgehead atoms. The second kappa shape index (κ2) is 7.44. The van der Waals surface area contributed by atoms with Crippen LogP contribution >= 0.6 is 0 Å². The van der Waals surface area contributed by atoms with Crippen LogP contribution in [0.5, 0.6) is 0 Å². The van der Waals surface area contributed by atoms with Crippen LogP contribution in [0, 0.1) is 0 Å². The normalized spacial score (nSPS) is 18.7. The number of aromatic nitrogens is 4. The van der Waals surface area contributed by atoms with Gasteiger partial charge in [-0.1, -0.05) is 12.1 Å². The Labute approximate surface area is 169 Å². The van der Waals surface area contributed by atoms with Crippen LogP contribution in [0.2, 0.25) is 0 Å². The fraction of sp³-hybridized carbons (Fsp3) is 0.429. The third-order valence-electron chi connectivity index (χ3n) is 5.87. The summed E-state index contributed by atoms with van der Waals surface area (Å²) in [5.74, 6) is 1.54. The number of fused-ring (bicyclic) bond motifs is 1. The monoisotopic (exact) mass is 391 g/mol. The number of nitrogens with one attached hydrogen (secondary N) is 1. The first-order chi connectivity index (χ1) is 14.2. The van der Waals surface area contributed by atoms with E-state index in [9.17, 15) is 4.79 Å². The maximum atomic E-state index is 12.8. The molecule has 2 aliphatic rings. The number of carbonyl (C=O) groups excluding carboxylic acids is 1. The van der Waals surface area contributed by atoms with Crippen LogP contribution in [0.1, 0.15) is 28.7 Å². The Morgan fingerprint density at radius 2 is 1.90 bits per heavy atom. The van der Waals surface area contributed by atoms with Crippen LogP contribution in [-0.4, -0.2) is 82.0 Å². The summed E-state index contributed by atoms with van der Waals surface area (Å²) in [7, 11) is 2.16.